The molecular formula is C12H17F2NOS. The second-order valence-corrected chi connectivity index (χ2v) is 4.98. The fourth-order valence-electron chi connectivity index (χ4n) is 1.29. The Bertz CT molecular complexity index is 319. The number of benzene rings is 1. The molecule has 0 aliphatic heterocycles. The smallest absolute Gasteiger partial charge is 0.387 e. The first-order valence-corrected chi connectivity index (χ1v) is 6.68. The second-order valence-electron chi connectivity index (χ2n) is 3.70. The van der Waals surface area contributed by atoms with E-state index in [4.69, 9.17) is 0 Å². The van der Waals surface area contributed by atoms with Gasteiger partial charge in [-0.3, -0.25) is 0 Å². The Hall–Kier alpha value is -0.810. The molecule has 0 fully saturated rings. The van der Waals surface area contributed by atoms with Gasteiger partial charge in [-0.1, -0.05) is 19.1 Å². The zero-order valence-corrected chi connectivity index (χ0v) is 10.8. The Balaban J connectivity index is 2.35. The van der Waals surface area contributed by atoms with E-state index in [0.29, 0.717) is 5.25 Å². The van der Waals surface area contributed by atoms with Gasteiger partial charge in [-0.2, -0.15) is 20.5 Å². The summed E-state index contributed by atoms with van der Waals surface area (Å²) >= 11 is 1.80. The van der Waals surface area contributed by atoms with Crippen LogP contribution in [0.1, 0.15) is 12.5 Å². The summed E-state index contributed by atoms with van der Waals surface area (Å²) in [7, 11) is 0. The largest absolute Gasteiger partial charge is 0.435 e. The normalized spacial score (nSPS) is 12.8. The van der Waals surface area contributed by atoms with Crippen LogP contribution >= 0.6 is 11.8 Å². The minimum Gasteiger partial charge on any atom is -0.435 e. The molecule has 1 atom stereocenters. The molecule has 1 aromatic carbocycles. The number of ether oxygens (including phenoxy) is 1. The topological polar surface area (TPSA) is 21.3 Å². The Labute approximate surface area is 105 Å². The Morgan fingerprint density at radius 1 is 1.29 bits per heavy atom. The van der Waals surface area contributed by atoms with Gasteiger partial charge < -0.3 is 10.1 Å². The van der Waals surface area contributed by atoms with Crippen LogP contribution in [0.2, 0.25) is 0 Å². The van der Waals surface area contributed by atoms with Gasteiger partial charge in [0.25, 0.3) is 0 Å². The molecular weight excluding hydrogens is 244 g/mol. The maximum atomic E-state index is 11.9. The van der Waals surface area contributed by atoms with Gasteiger partial charge in [0.1, 0.15) is 5.75 Å². The highest BCUT2D eigenvalue weighted by Gasteiger charge is 2.03. The molecule has 0 amide bonds. The number of thioether (sulfide) groups is 1. The maximum Gasteiger partial charge on any atom is 0.387 e. The van der Waals surface area contributed by atoms with Crippen molar-refractivity contribution in [3.8, 4) is 5.75 Å². The van der Waals surface area contributed by atoms with E-state index in [1.54, 1.807) is 36.0 Å². The number of hydrogen-bond donors (Lipinski definition) is 1. The van der Waals surface area contributed by atoms with E-state index in [1.165, 1.54) is 0 Å². The standard InChI is InChI=1S/C12H17F2NOS/c1-9(17-2)7-15-8-10-3-5-11(6-4-10)16-12(13)14/h3-6,9,12,15H,7-8H2,1-2H3. The van der Waals surface area contributed by atoms with E-state index in [1.807, 2.05) is 0 Å². The van der Waals surface area contributed by atoms with E-state index in [9.17, 15) is 8.78 Å². The van der Waals surface area contributed by atoms with Crippen molar-refractivity contribution in [2.45, 2.75) is 25.3 Å². The molecule has 96 valence electrons. The average Bonchev–Trinajstić information content (AvgIpc) is 2.30. The lowest BCUT2D eigenvalue weighted by atomic mass is 10.2. The minimum absolute atomic E-state index is 0.196. The van der Waals surface area contributed by atoms with Crippen LogP contribution < -0.4 is 10.1 Å². The summed E-state index contributed by atoms with van der Waals surface area (Å²) in [5, 5.41) is 3.87. The molecule has 1 rings (SSSR count). The molecule has 1 N–H and O–H groups in total. The van der Waals surface area contributed by atoms with E-state index in [2.05, 4.69) is 23.2 Å². The minimum atomic E-state index is -2.76. The SMILES string of the molecule is CSC(C)CNCc1ccc(OC(F)F)cc1. The fourth-order valence-corrected chi connectivity index (χ4v) is 1.58. The monoisotopic (exact) mass is 261 g/mol. The van der Waals surface area contributed by atoms with Crippen molar-refractivity contribution in [1.29, 1.82) is 0 Å². The van der Waals surface area contributed by atoms with Crippen molar-refractivity contribution in [3.05, 3.63) is 29.8 Å². The molecule has 0 aliphatic carbocycles. The molecule has 0 aromatic heterocycles. The first kappa shape index (κ1) is 14.3. The van der Waals surface area contributed by atoms with Crippen LogP contribution in [0.4, 0.5) is 8.78 Å². The molecule has 0 saturated heterocycles. The molecule has 0 saturated carbocycles. The number of rotatable bonds is 7. The van der Waals surface area contributed by atoms with Crippen molar-refractivity contribution in [2.75, 3.05) is 12.8 Å². The molecule has 0 bridgehead atoms. The predicted octanol–water partition coefficient (Wildman–Crippen LogP) is 3.13. The highest BCUT2D eigenvalue weighted by atomic mass is 32.2. The molecule has 0 radical (unpaired) electrons. The third-order valence-electron chi connectivity index (χ3n) is 2.31. The van der Waals surface area contributed by atoms with Crippen LogP contribution in [0.25, 0.3) is 0 Å². The first-order chi connectivity index (χ1) is 8.11. The quantitative estimate of drug-likeness (QED) is 0.815. The van der Waals surface area contributed by atoms with Crippen molar-refractivity contribution < 1.29 is 13.5 Å². The molecule has 0 heterocycles. The van der Waals surface area contributed by atoms with Crippen molar-refractivity contribution in [1.82, 2.24) is 5.32 Å². The van der Waals surface area contributed by atoms with Crippen LogP contribution in [-0.2, 0) is 6.54 Å². The van der Waals surface area contributed by atoms with Gasteiger partial charge in [-0.25, -0.2) is 0 Å². The zero-order chi connectivity index (χ0) is 12.7. The number of nitrogens with one attached hydrogen (secondary N) is 1. The van der Waals surface area contributed by atoms with E-state index >= 15 is 0 Å². The van der Waals surface area contributed by atoms with Crippen LogP contribution in [-0.4, -0.2) is 24.7 Å². The lowest BCUT2D eigenvalue weighted by Crippen LogP contribution is -2.21. The van der Waals surface area contributed by atoms with Gasteiger partial charge in [0.15, 0.2) is 0 Å². The molecule has 2 nitrogen and oxygen atoms in total. The molecule has 1 unspecified atom stereocenters. The number of hydrogen-bond acceptors (Lipinski definition) is 3. The summed E-state index contributed by atoms with van der Waals surface area (Å²) in [5.41, 5.74) is 1.06. The van der Waals surface area contributed by atoms with Crippen molar-refractivity contribution >= 4 is 11.8 Å². The Morgan fingerprint density at radius 2 is 1.94 bits per heavy atom. The van der Waals surface area contributed by atoms with Crippen LogP contribution in [0.5, 0.6) is 5.75 Å². The van der Waals surface area contributed by atoms with Gasteiger partial charge in [0, 0.05) is 18.3 Å². The van der Waals surface area contributed by atoms with Gasteiger partial charge >= 0.3 is 6.61 Å². The first-order valence-electron chi connectivity index (χ1n) is 5.39. The average molecular weight is 261 g/mol. The van der Waals surface area contributed by atoms with Gasteiger partial charge in [0.2, 0.25) is 0 Å². The van der Waals surface area contributed by atoms with Crippen molar-refractivity contribution in [2.24, 2.45) is 0 Å². The Kier molecular flexibility index (Phi) is 6.29. The summed E-state index contributed by atoms with van der Waals surface area (Å²) < 4.78 is 28.1. The van der Waals surface area contributed by atoms with Gasteiger partial charge in [0.05, 0.1) is 0 Å². The fraction of sp³-hybridized carbons (Fsp3) is 0.500. The second kappa shape index (κ2) is 7.50. The number of halogens is 2. The Morgan fingerprint density at radius 3 is 2.47 bits per heavy atom. The predicted molar refractivity (Wildman–Crippen MR) is 67.8 cm³/mol. The highest BCUT2D eigenvalue weighted by Crippen LogP contribution is 2.14. The van der Waals surface area contributed by atoms with Gasteiger partial charge in [-0.05, 0) is 24.0 Å². The number of alkyl halides is 2. The third kappa shape index (κ3) is 5.89. The molecule has 17 heavy (non-hydrogen) atoms. The van der Waals surface area contributed by atoms with E-state index in [-0.39, 0.29) is 5.75 Å². The summed E-state index contributed by atoms with van der Waals surface area (Å²) in [6.45, 7) is 1.05. The molecule has 5 heteroatoms. The van der Waals surface area contributed by atoms with E-state index in [0.717, 1.165) is 18.7 Å². The molecule has 1 aromatic rings. The summed E-state index contributed by atoms with van der Waals surface area (Å²) in [6, 6.07) is 6.69. The highest BCUT2D eigenvalue weighted by molar-refractivity contribution is 7.99. The molecule has 0 spiro atoms. The van der Waals surface area contributed by atoms with Crippen molar-refractivity contribution in [3.63, 3.8) is 0 Å². The lowest BCUT2D eigenvalue weighted by Gasteiger charge is -2.10. The van der Waals surface area contributed by atoms with E-state index < -0.39 is 6.61 Å². The van der Waals surface area contributed by atoms with Crippen LogP contribution in [0.3, 0.4) is 0 Å². The lowest BCUT2D eigenvalue weighted by molar-refractivity contribution is -0.0498. The summed E-state index contributed by atoms with van der Waals surface area (Å²) in [5.74, 6) is 0.196. The van der Waals surface area contributed by atoms with Crippen LogP contribution in [0.15, 0.2) is 24.3 Å². The van der Waals surface area contributed by atoms with Gasteiger partial charge in [-0.15, -0.1) is 0 Å². The van der Waals surface area contributed by atoms with Crippen LogP contribution in [0, 0.1) is 0 Å². The third-order valence-corrected chi connectivity index (χ3v) is 3.28. The zero-order valence-electron chi connectivity index (χ0n) is 9.95. The summed E-state index contributed by atoms with van der Waals surface area (Å²) in [6.07, 6.45) is 2.07. The molecule has 0 aliphatic rings. The maximum absolute atomic E-state index is 11.9. The summed E-state index contributed by atoms with van der Waals surface area (Å²) in [4.78, 5) is 0.